The van der Waals surface area contributed by atoms with Crippen molar-refractivity contribution >= 4 is 11.0 Å². The van der Waals surface area contributed by atoms with Crippen LogP contribution in [0.3, 0.4) is 0 Å². The predicted octanol–water partition coefficient (Wildman–Crippen LogP) is 1.71. The molecular formula is C14H18N2O2. The van der Waals surface area contributed by atoms with Crippen molar-refractivity contribution in [2.75, 3.05) is 0 Å². The first-order valence-electron chi connectivity index (χ1n) is 6.43. The Hall–Kier alpha value is -1.55. The van der Waals surface area contributed by atoms with Crippen molar-refractivity contribution in [2.45, 2.75) is 25.4 Å². The second-order valence-electron chi connectivity index (χ2n) is 5.28. The molecule has 4 nitrogen and oxygen atoms in total. The second-order valence-corrected chi connectivity index (χ2v) is 5.28. The van der Waals surface area contributed by atoms with E-state index in [-0.39, 0.29) is 5.69 Å². The zero-order valence-corrected chi connectivity index (χ0v) is 10.8. The summed E-state index contributed by atoms with van der Waals surface area (Å²) >= 11 is 0. The minimum atomic E-state index is -0.390. The summed E-state index contributed by atoms with van der Waals surface area (Å²) in [7, 11) is 3.54. The molecule has 1 heterocycles. The Bertz CT molecular complexity index is 650. The van der Waals surface area contributed by atoms with Gasteiger partial charge in [0, 0.05) is 14.1 Å². The number of nitrogens with zero attached hydrogens (tertiary/aromatic N) is 2. The SMILES string of the molecule is Cn1c(=O)n(C)c2cc(C(O)C3CCC3)ccc21. The zero-order valence-electron chi connectivity index (χ0n) is 10.8. The summed E-state index contributed by atoms with van der Waals surface area (Å²) < 4.78 is 3.27. The number of rotatable bonds is 2. The van der Waals surface area contributed by atoms with Gasteiger partial charge in [0.25, 0.3) is 0 Å². The molecule has 1 fully saturated rings. The van der Waals surface area contributed by atoms with Gasteiger partial charge in [-0.3, -0.25) is 9.13 Å². The Morgan fingerprint density at radius 1 is 1.22 bits per heavy atom. The molecular weight excluding hydrogens is 228 g/mol. The molecule has 2 aromatic rings. The fourth-order valence-corrected chi connectivity index (χ4v) is 2.74. The van der Waals surface area contributed by atoms with E-state index in [0.29, 0.717) is 5.92 Å². The van der Waals surface area contributed by atoms with Gasteiger partial charge in [0.05, 0.1) is 17.1 Å². The van der Waals surface area contributed by atoms with Gasteiger partial charge in [0.2, 0.25) is 0 Å². The predicted molar refractivity (Wildman–Crippen MR) is 70.5 cm³/mol. The first kappa shape index (κ1) is 11.5. The van der Waals surface area contributed by atoms with Gasteiger partial charge in [-0.25, -0.2) is 4.79 Å². The van der Waals surface area contributed by atoms with Crippen LogP contribution >= 0.6 is 0 Å². The van der Waals surface area contributed by atoms with Gasteiger partial charge < -0.3 is 5.11 Å². The molecule has 1 saturated carbocycles. The molecule has 1 aromatic heterocycles. The Labute approximate surface area is 105 Å². The highest BCUT2D eigenvalue weighted by molar-refractivity contribution is 5.76. The van der Waals surface area contributed by atoms with E-state index in [1.165, 1.54) is 6.42 Å². The van der Waals surface area contributed by atoms with E-state index in [1.807, 2.05) is 18.2 Å². The number of benzene rings is 1. The second kappa shape index (κ2) is 3.99. The van der Waals surface area contributed by atoms with Gasteiger partial charge in [0.15, 0.2) is 0 Å². The maximum Gasteiger partial charge on any atom is 0.328 e. The van der Waals surface area contributed by atoms with Crippen LogP contribution < -0.4 is 5.69 Å². The summed E-state index contributed by atoms with van der Waals surface area (Å²) in [5, 5.41) is 10.3. The lowest BCUT2D eigenvalue weighted by atomic mass is 9.79. The zero-order chi connectivity index (χ0) is 12.9. The highest BCUT2D eigenvalue weighted by atomic mass is 16.3. The molecule has 0 radical (unpaired) electrons. The van der Waals surface area contributed by atoms with Crippen LogP contribution in [0.2, 0.25) is 0 Å². The van der Waals surface area contributed by atoms with Gasteiger partial charge in [-0.1, -0.05) is 12.5 Å². The number of hydrogen-bond donors (Lipinski definition) is 1. The number of aryl methyl sites for hydroxylation is 2. The summed E-state index contributed by atoms with van der Waals surface area (Å²) in [5.74, 6) is 0.392. The quantitative estimate of drug-likeness (QED) is 0.877. The van der Waals surface area contributed by atoms with Crippen LogP contribution in [-0.2, 0) is 14.1 Å². The number of aliphatic hydroxyl groups is 1. The lowest BCUT2D eigenvalue weighted by Crippen LogP contribution is -2.20. The van der Waals surface area contributed by atoms with Gasteiger partial charge in [-0.05, 0) is 36.5 Å². The highest BCUT2D eigenvalue weighted by Crippen LogP contribution is 2.38. The monoisotopic (exact) mass is 246 g/mol. The van der Waals surface area contributed by atoms with Gasteiger partial charge in [-0.15, -0.1) is 0 Å². The molecule has 1 atom stereocenters. The van der Waals surface area contributed by atoms with Crippen molar-refractivity contribution in [3.05, 3.63) is 34.2 Å². The molecule has 4 heteroatoms. The molecule has 1 aliphatic carbocycles. The third-order valence-electron chi connectivity index (χ3n) is 4.23. The number of aromatic nitrogens is 2. The molecule has 0 spiro atoms. The Balaban J connectivity index is 2.10. The van der Waals surface area contributed by atoms with Crippen molar-refractivity contribution in [3.8, 4) is 0 Å². The summed E-state index contributed by atoms with van der Waals surface area (Å²) in [4.78, 5) is 11.8. The Morgan fingerprint density at radius 3 is 2.50 bits per heavy atom. The molecule has 3 rings (SSSR count). The number of fused-ring (bicyclic) bond motifs is 1. The maximum atomic E-state index is 11.8. The van der Waals surface area contributed by atoms with Crippen LogP contribution in [0, 0.1) is 5.92 Å². The normalized spacial score (nSPS) is 17.9. The van der Waals surface area contributed by atoms with Crippen LogP contribution in [0.4, 0.5) is 0 Å². The van der Waals surface area contributed by atoms with Crippen LogP contribution in [-0.4, -0.2) is 14.2 Å². The number of hydrogen-bond acceptors (Lipinski definition) is 2. The van der Waals surface area contributed by atoms with E-state index >= 15 is 0 Å². The first-order valence-corrected chi connectivity index (χ1v) is 6.43. The molecule has 0 amide bonds. The summed E-state index contributed by atoms with van der Waals surface area (Å²) in [6.07, 6.45) is 3.03. The molecule has 96 valence electrons. The van der Waals surface area contributed by atoms with E-state index in [4.69, 9.17) is 0 Å². The third kappa shape index (κ3) is 1.52. The first-order chi connectivity index (χ1) is 8.59. The molecule has 18 heavy (non-hydrogen) atoms. The highest BCUT2D eigenvalue weighted by Gasteiger charge is 2.27. The molecule has 0 saturated heterocycles. The molecule has 1 unspecified atom stereocenters. The van der Waals surface area contributed by atoms with E-state index in [0.717, 1.165) is 29.4 Å². The van der Waals surface area contributed by atoms with Crippen LogP contribution in [0.25, 0.3) is 11.0 Å². The van der Waals surface area contributed by atoms with Crippen molar-refractivity contribution in [1.82, 2.24) is 9.13 Å². The molecule has 1 N–H and O–H groups in total. The van der Waals surface area contributed by atoms with Crippen LogP contribution in [0.1, 0.15) is 30.9 Å². The number of aliphatic hydroxyl groups excluding tert-OH is 1. The minimum Gasteiger partial charge on any atom is -0.388 e. The average Bonchev–Trinajstić information content (AvgIpc) is 2.52. The van der Waals surface area contributed by atoms with E-state index in [2.05, 4.69) is 0 Å². The van der Waals surface area contributed by atoms with E-state index in [9.17, 15) is 9.90 Å². The summed E-state index contributed by atoms with van der Waals surface area (Å²) in [5.41, 5.74) is 2.69. The van der Waals surface area contributed by atoms with Gasteiger partial charge >= 0.3 is 5.69 Å². The maximum absolute atomic E-state index is 11.8. The third-order valence-corrected chi connectivity index (χ3v) is 4.23. The molecule has 0 bridgehead atoms. The lowest BCUT2D eigenvalue weighted by molar-refractivity contribution is 0.0622. The fraction of sp³-hybridized carbons (Fsp3) is 0.500. The summed E-state index contributed by atoms with van der Waals surface area (Å²) in [6.45, 7) is 0. The topological polar surface area (TPSA) is 47.2 Å². The Kier molecular flexibility index (Phi) is 2.55. The van der Waals surface area contributed by atoms with Crippen molar-refractivity contribution < 1.29 is 5.11 Å². The van der Waals surface area contributed by atoms with Crippen LogP contribution in [0.15, 0.2) is 23.0 Å². The largest absolute Gasteiger partial charge is 0.388 e. The van der Waals surface area contributed by atoms with Gasteiger partial charge in [0.1, 0.15) is 0 Å². The minimum absolute atomic E-state index is 0.0275. The van der Waals surface area contributed by atoms with Crippen molar-refractivity contribution in [2.24, 2.45) is 20.0 Å². The van der Waals surface area contributed by atoms with Gasteiger partial charge in [-0.2, -0.15) is 0 Å². The molecule has 1 aliphatic rings. The van der Waals surface area contributed by atoms with Crippen molar-refractivity contribution in [3.63, 3.8) is 0 Å². The number of imidazole rings is 1. The smallest absolute Gasteiger partial charge is 0.328 e. The average molecular weight is 246 g/mol. The van der Waals surface area contributed by atoms with Crippen molar-refractivity contribution in [1.29, 1.82) is 0 Å². The molecule has 0 aliphatic heterocycles. The van der Waals surface area contributed by atoms with Crippen LogP contribution in [0.5, 0.6) is 0 Å². The van der Waals surface area contributed by atoms with E-state index < -0.39 is 6.10 Å². The molecule has 1 aromatic carbocycles. The Morgan fingerprint density at radius 2 is 1.89 bits per heavy atom. The van der Waals surface area contributed by atoms with E-state index in [1.54, 1.807) is 23.2 Å². The lowest BCUT2D eigenvalue weighted by Gasteiger charge is -2.30. The fourth-order valence-electron chi connectivity index (χ4n) is 2.74. The summed E-state index contributed by atoms with van der Waals surface area (Å²) in [6, 6.07) is 5.80. The standard InChI is InChI=1S/C14H18N2O2/c1-15-11-7-6-10(13(17)9-4-3-5-9)8-12(11)16(2)14(15)18/h6-9,13,17H,3-5H2,1-2H3.